The predicted octanol–water partition coefficient (Wildman–Crippen LogP) is 4.37. The van der Waals surface area contributed by atoms with E-state index in [9.17, 15) is 0 Å². The minimum Gasteiger partial charge on any atom is -0.369 e. The molecule has 3 heterocycles. The number of allylic oxidation sites excluding steroid dienone is 2. The van der Waals surface area contributed by atoms with Gasteiger partial charge in [0.15, 0.2) is 0 Å². The number of pyridine rings is 1. The lowest BCUT2D eigenvalue weighted by molar-refractivity contribution is 0.0912. The van der Waals surface area contributed by atoms with Crippen LogP contribution in [0.4, 0.5) is 0 Å². The molecule has 7 heteroatoms. The van der Waals surface area contributed by atoms with Gasteiger partial charge in [-0.25, -0.2) is 9.98 Å². The zero-order chi connectivity index (χ0) is 25.1. The fourth-order valence-corrected chi connectivity index (χ4v) is 5.21. The van der Waals surface area contributed by atoms with Crippen LogP contribution in [0.3, 0.4) is 0 Å². The highest BCUT2D eigenvalue weighted by Crippen LogP contribution is 2.37. The first-order valence-corrected chi connectivity index (χ1v) is 13.3. The second kappa shape index (κ2) is 11.0. The summed E-state index contributed by atoms with van der Waals surface area (Å²) < 4.78 is 6.32. The molecule has 1 fully saturated rings. The molecule has 7 nitrogen and oxygen atoms in total. The van der Waals surface area contributed by atoms with Gasteiger partial charge in [0.05, 0.1) is 16.9 Å². The van der Waals surface area contributed by atoms with Crippen LogP contribution in [-0.2, 0) is 4.74 Å². The van der Waals surface area contributed by atoms with Crippen LogP contribution in [-0.4, -0.2) is 59.9 Å². The van der Waals surface area contributed by atoms with Gasteiger partial charge < -0.3 is 20.7 Å². The van der Waals surface area contributed by atoms with Crippen molar-refractivity contribution in [3.05, 3.63) is 65.5 Å². The molecule has 0 amide bonds. The standard InChI is InChI=1S/C29H38N6O/c1-4-36-28(22-10-5-8-20-9-7-15-31-26(20)22)23-11-6-12-25-27(23)34-29(33-25)32-21-13-16-35(17-14-21)18-24(30)19(2)3/h5-11,15,19,21,24,28H,4,12-14,16-18,30H2,1-3H3,(H,32,34). The zero-order valence-corrected chi connectivity index (χ0v) is 21.7. The molecule has 1 aromatic carbocycles. The second-order valence-corrected chi connectivity index (χ2v) is 10.3. The molecule has 1 saturated heterocycles. The summed E-state index contributed by atoms with van der Waals surface area (Å²) in [7, 11) is 0. The summed E-state index contributed by atoms with van der Waals surface area (Å²) in [5, 5.41) is 4.73. The summed E-state index contributed by atoms with van der Waals surface area (Å²) in [5.74, 6) is 1.24. The molecule has 2 atom stereocenters. The minimum atomic E-state index is -0.248. The molecule has 2 unspecified atom stereocenters. The topological polar surface area (TPSA) is 88.1 Å². The van der Waals surface area contributed by atoms with E-state index in [-0.39, 0.29) is 12.1 Å². The second-order valence-electron chi connectivity index (χ2n) is 10.3. The largest absolute Gasteiger partial charge is 0.369 e. The molecule has 0 radical (unpaired) electrons. The summed E-state index contributed by atoms with van der Waals surface area (Å²) in [6.07, 6.45) is 8.84. The van der Waals surface area contributed by atoms with Gasteiger partial charge in [-0.15, -0.1) is 0 Å². The molecule has 36 heavy (non-hydrogen) atoms. The van der Waals surface area contributed by atoms with Crippen molar-refractivity contribution in [2.75, 3.05) is 26.2 Å². The van der Waals surface area contributed by atoms with Gasteiger partial charge >= 0.3 is 0 Å². The number of guanidine groups is 1. The van der Waals surface area contributed by atoms with Crippen molar-refractivity contribution in [1.29, 1.82) is 0 Å². The fraction of sp³-hybridized carbons (Fsp3) is 0.483. The van der Waals surface area contributed by atoms with E-state index in [4.69, 9.17) is 20.5 Å². The maximum absolute atomic E-state index is 6.32. The Morgan fingerprint density at radius 2 is 1.94 bits per heavy atom. The van der Waals surface area contributed by atoms with E-state index in [1.807, 2.05) is 19.2 Å². The molecule has 3 N–H and O–H groups in total. The lowest BCUT2D eigenvalue weighted by Gasteiger charge is -2.34. The number of ether oxygens (including phenoxy) is 1. The third-order valence-corrected chi connectivity index (χ3v) is 7.42. The van der Waals surface area contributed by atoms with Crippen LogP contribution in [0.2, 0.25) is 0 Å². The van der Waals surface area contributed by atoms with Gasteiger partial charge in [-0.1, -0.05) is 50.3 Å². The quantitative estimate of drug-likeness (QED) is 0.578. The number of hydrogen-bond acceptors (Lipinski definition) is 7. The predicted molar refractivity (Wildman–Crippen MR) is 147 cm³/mol. The average molecular weight is 487 g/mol. The molecule has 190 valence electrons. The normalized spacial score (nSPS) is 20.5. The van der Waals surface area contributed by atoms with E-state index < -0.39 is 0 Å². The average Bonchev–Trinajstić information content (AvgIpc) is 3.31. The summed E-state index contributed by atoms with van der Waals surface area (Å²) in [6.45, 7) is 10.1. The van der Waals surface area contributed by atoms with E-state index in [0.717, 1.165) is 78.3 Å². The van der Waals surface area contributed by atoms with Crippen molar-refractivity contribution in [2.24, 2.45) is 21.6 Å². The van der Waals surface area contributed by atoms with Gasteiger partial charge in [0.1, 0.15) is 6.10 Å². The Labute approximate surface area is 214 Å². The molecule has 0 spiro atoms. The van der Waals surface area contributed by atoms with Gasteiger partial charge in [-0.3, -0.25) is 4.98 Å². The molecular weight excluding hydrogens is 448 g/mol. The van der Waals surface area contributed by atoms with Crippen LogP contribution < -0.4 is 11.1 Å². The Balaban J connectivity index is 1.35. The Kier molecular flexibility index (Phi) is 7.60. The van der Waals surface area contributed by atoms with Gasteiger partial charge in [0.2, 0.25) is 5.96 Å². The summed E-state index contributed by atoms with van der Waals surface area (Å²) >= 11 is 0. The number of likely N-dealkylation sites (tertiary alicyclic amines) is 1. The van der Waals surface area contributed by atoms with E-state index >= 15 is 0 Å². The van der Waals surface area contributed by atoms with Crippen molar-refractivity contribution in [3.8, 4) is 0 Å². The number of hydrogen-bond donors (Lipinski definition) is 2. The van der Waals surface area contributed by atoms with Crippen LogP contribution >= 0.6 is 0 Å². The van der Waals surface area contributed by atoms with Gasteiger partial charge in [0, 0.05) is 67.5 Å². The monoisotopic (exact) mass is 486 g/mol. The number of fused-ring (bicyclic) bond motifs is 2. The molecule has 1 aromatic heterocycles. The lowest BCUT2D eigenvalue weighted by Crippen LogP contribution is -2.48. The van der Waals surface area contributed by atoms with E-state index in [0.29, 0.717) is 18.6 Å². The Morgan fingerprint density at radius 1 is 1.14 bits per heavy atom. The van der Waals surface area contributed by atoms with Crippen molar-refractivity contribution < 1.29 is 4.74 Å². The Bertz CT molecular complexity index is 1200. The molecular formula is C29H38N6O. The molecule has 3 aliphatic rings. The van der Waals surface area contributed by atoms with E-state index in [1.165, 1.54) is 0 Å². The molecule has 2 aromatic rings. The van der Waals surface area contributed by atoms with E-state index in [2.05, 4.69) is 65.5 Å². The Hall–Kier alpha value is -2.87. The van der Waals surface area contributed by atoms with Crippen molar-refractivity contribution in [1.82, 2.24) is 15.2 Å². The number of benzene rings is 1. The van der Waals surface area contributed by atoms with Crippen LogP contribution in [0, 0.1) is 5.92 Å². The highest BCUT2D eigenvalue weighted by molar-refractivity contribution is 6.14. The van der Waals surface area contributed by atoms with Crippen molar-refractivity contribution >= 4 is 22.6 Å². The number of rotatable bonds is 8. The summed E-state index contributed by atoms with van der Waals surface area (Å²) in [5.41, 5.74) is 11.3. The van der Waals surface area contributed by atoms with Crippen LogP contribution in [0.15, 0.2) is 69.9 Å². The number of aromatic nitrogens is 1. The highest BCUT2D eigenvalue weighted by Gasteiger charge is 2.30. The van der Waals surface area contributed by atoms with Gasteiger partial charge in [0.25, 0.3) is 0 Å². The lowest BCUT2D eigenvalue weighted by atomic mass is 9.92. The maximum Gasteiger partial charge on any atom is 0.223 e. The number of nitrogens with two attached hydrogens (primary N) is 1. The van der Waals surface area contributed by atoms with Gasteiger partial charge in [-0.2, -0.15) is 0 Å². The highest BCUT2D eigenvalue weighted by atomic mass is 16.5. The number of nitrogens with one attached hydrogen (secondary N) is 1. The van der Waals surface area contributed by atoms with Crippen LogP contribution in [0.5, 0.6) is 0 Å². The van der Waals surface area contributed by atoms with Crippen LogP contribution in [0.25, 0.3) is 10.9 Å². The molecule has 1 aliphatic carbocycles. The Morgan fingerprint density at radius 3 is 2.72 bits per heavy atom. The number of nitrogens with zero attached hydrogens (tertiary/aromatic N) is 4. The first kappa shape index (κ1) is 24.8. The SMILES string of the molecule is CCOC(C1=C2N=C(NC3CCN(CC(N)C(C)C)CC3)N=C2CC=C1)c1cccc2cccnc12. The minimum absolute atomic E-state index is 0.233. The van der Waals surface area contributed by atoms with E-state index in [1.54, 1.807) is 0 Å². The fourth-order valence-electron chi connectivity index (χ4n) is 5.21. The number of piperidine rings is 1. The molecule has 0 saturated carbocycles. The summed E-state index contributed by atoms with van der Waals surface area (Å²) in [4.78, 5) is 17.0. The first-order valence-electron chi connectivity index (χ1n) is 13.3. The third kappa shape index (κ3) is 5.28. The number of aliphatic imine (C=N–C) groups is 2. The molecule has 2 aliphatic heterocycles. The molecule has 0 bridgehead atoms. The van der Waals surface area contributed by atoms with Crippen LogP contribution in [0.1, 0.15) is 51.7 Å². The maximum atomic E-state index is 6.32. The van der Waals surface area contributed by atoms with Crippen molar-refractivity contribution in [3.63, 3.8) is 0 Å². The molecule has 5 rings (SSSR count). The summed E-state index contributed by atoms with van der Waals surface area (Å²) in [6, 6.07) is 10.9. The van der Waals surface area contributed by atoms with Crippen molar-refractivity contribution in [2.45, 2.75) is 58.2 Å². The number of para-hydroxylation sites is 1. The first-order chi connectivity index (χ1) is 17.5. The van der Waals surface area contributed by atoms with Gasteiger partial charge in [-0.05, 0) is 31.7 Å². The third-order valence-electron chi connectivity index (χ3n) is 7.42. The smallest absolute Gasteiger partial charge is 0.223 e. The zero-order valence-electron chi connectivity index (χ0n) is 21.7.